The van der Waals surface area contributed by atoms with Crippen LogP contribution in [-0.4, -0.2) is 27.6 Å². The number of aromatic nitrogens is 2. The molecule has 0 radical (unpaired) electrons. The lowest BCUT2D eigenvalue weighted by atomic mass is 10.0. The van der Waals surface area contributed by atoms with Crippen molar-refractivity contribution in [1.29, 1.82) is 0 Å². The van der Waals surface area contributed by atoms with Gasteiger partial charge in [-0.15, -0.1) is 0 Å². The average Bonchev–Trinajstić information content (AvgIpc) is 3.20. The molecule has 0 spiro atoms. The Balaban J connectivity index is 1.76. The number of halogens is 3. The molecule has 0 bridgehead atoms. The number of hydrogen-bond donors (Lipinski definition) is 2. The molecule has 0 aliphatic rings. The molecule has 1 aromatic heterocycles. The molecule has 0 saturated carbocycles. The third-order valence-electron chi connectivity index (χ3n) is 4.39. The third-order valence-corrected chi connectivity index (χ3v) is 4.39. The second-order valence-electron chi connectivity index (χ2n) is 6.90. The van der Waals surface area contributed by atoms with E-state index in [2.05, 4.69) is 15.7 Å². The van der Waals surface area contributed by atoms with E-state index in [0.29, 0.717) is 0 Å². The quantitative estimate of drug-likeness (QED) is 0.644. The molecule has 2 amide bonds. The van der Waals surface area contributed by atoms with Crippen molar-refractivity contribution in [2.75, 3.05) is 5.32 Å². The highest BCUT2D eigenvalue weighted by atomic mass is 19.1. The Labute approximate surface area is 170 Å². The molecule has 1 atom stereocenters. The number of rotatable bonds is 6. The molecule has 0 fully saturated rings. The van der Waals surface area contributed by atoms with Gasteiger partial charge >= 0.3 is 0 Å². The topological polar surface area (TPSA) is 76.0 Å². The molecule has 9 heteroatoms. The van der Waals surface area contributed by atoms with Crippen molar-refractivity contribution in [2.24, 2.45) is 5.92 Å². The van der Waals surface area contributed by atoms with Crippen LogP contribution in [0.2, 0.25) is 0 Å². The molecule has 3 aromatic rings. The predicted molar refractivity (Wildman–Crippen MR) is 105 cm³/mol. The first-order valence-electron chi connectivity index (χ1n) is 9.13. The Morgan fingerprint density at radius 3 is 2.27 bits per heavy atom. The van der Waals surface area contributed by atoms with E-state index in [-0.39, 0.29) is 11.4 Å². The first kappa shape index (κ1) is 21.1. The molecule has 1 unspecified atom stereocenters. The zero-order valence-corrected chi connectivity index (χ0v) is 16.2. The number of anilines is 1. The highest BCUT2D eigenvalue weighted by molar-refractivity contribution is 6.01. The van der Waals surface area contributed by atoms with Crippen molar-refractivity contribution in [2.45, 2.75) is 19.9 Å². The van der Waals surface area contributed by atoms with Crippen LogP contribution in [0.3, 0.4) is 0 Å². The minimum absolute atomic E-state index is 0.158. The van der Waals surface area contributed by atoms with Crippen LogP contribution >= 0.6 is 0 Å². The van der Waals surface area contributed by atoms with E-state index >= 15 is 0 Å². The van der Waals surface area contributed by atoms with Crippen molar-refractivity contribution < 1.29 is 22.8 Å². The Bertz CT molecular complexity index is 1050. The number of benzene rings is 2. The second kappa shape index (κ2) is 8.81. The van der Waals surface area contributed by atoms with Gasteiger partial charge in [0.25, 0.3) is 5.91 Å². The predicted octanol–water partition coefficient (Wildman–Crippen LogP) is 3.68. The van der Waals surface area contributed by atoms with E-state index in [9.17, 15) is 22.8 Å². The summed E-state index contributed by atoms with van der Waals surface area (Å²) in [5.74, 6) is -4.80. The van der Waals surface area contributed by atoms with Crippen molar-refractivity contribution in [3.63, 3.8) is 0 Å². The summed E-state index contributed by atoms with van der Waals surface area (Å²) in [7, 11) is 0. The minimum Gasteiger partial charge on any atom is -0.340 e. The molecular formula is C21H19F3N4O2. The molecule has 30 heavy (non-hydrogen) atoms. The first-order chi connectivity index (χ1) is 14.3. The smallest absolute Gasteiger partial charge is 0.257 e. The summed E-state index contributed by atoms with van der Waals surface area (Å²) in [6.45, 7) is 3.31. The molecule has 3 rings (SSSR count). The number of carbonyl (C=O) groups is 2. The molecular weight excluding hydrogens is 397 g/mol. The molecule has 6 nitrogen and oxygen atoms in total. The van der Waals surface area contributed by atoms with Crippen molar-refractivity contribution in [3.8, 4) is 5.69 Å². The van der Waals surface area contributed by atoms with Gasteiger partial charge in [0.2, 0.25) is 5.91 Å². The normalized spacial score (nSPS) is 11.9. The first-order valence-corrected chi connectivity index (χ1v) is 9.13. The summed E-state index contributed by atoms with van der Waals surface area (Å²) in [4.78, 5) is 25.0. The summed E-state index contributed by atoms with van der Waals surface area (Å²) in [6, 6.07) is 7.61. The van der Waals surface area contributed by atoms with Crippen LogP contribution in [0.4, 0.5) is 18.9 Å². The van der Waals surface area contributed by atoms with Crippen molar-refractivity contribution >= 4 is 17.5 Å². The Hall–Kier alpha value is -3.62. The minimum atomic E-state index is -1.11. The zero-order chi connectivity index (χ0) is 21.8. The van der Waals surface area contributed by atoms with Gasteiger partial charge in [0, 0.05) is 18.1 Å². The van der Waals surface area contributed by atoms with Crippen LogP contribution < -0.4 is 10.6 Å². The summed E-state index contributed by atoms with van der Waals surface area (Å²) in [5.41, 5.74) is -0.419. The van der Waals surface area contributed by atoms with Gasteiger partial charge in [-0.25, -0.2) is 17.9 Å². The van der Waals surface area contributed by atoms with Gasteiger partial charge in [-0.1, -0.05) is 19.9 Å². The lowest BCUT2D eigenvalue weighted by molar-refractivity contribution is -0.118. The number of amides is 2. The van der Waals surface area contributed by atoms with E-state index in [1.54, 1.807) is 26.1 Å². The molecule has 0 aliphatic heterocycles. The van der Waals surface area contributed by atoms with Crippen LogP contribution in [0.15, 0.2) is 54.9 Å². The maximum absolute atomic E-state index is 14.4. The molecule has 0 saturated heterocycles. The monoisotopic (exact) mass is 416 g/mol. The van der Waals surface area contributed by atoms with Crippen molar-refractivity contribution in [3.05, 3.63) is 77.9 Å². The number of nitrogens with one attached hydrogen (secondary N) is 2. The maximum Gasteiger partial charge on any atom is 0.257 e. The lowest BCUT2D eigenvalue weighted by Crippen LogP contribution is -2.47. The fraction of sp³-hybridized carbons (Fsp3) is 0.190. The van der Waals surface area contributed by atoms with Gasteiger partial charge in [0.05, 0.1) is 0 Å². The van der Waals surface area contributed by atoms with Gasteiger partial charge in [-0.05, 0) is 42.3 Å². The fourth-order valence-electron chi connectivity index (χ4n) is 2.86. The zero-order valence-electron chi connectivity index (χ0n) is 16.2. The number of carbonyl (C=O) groups excluding carboxylic acids is 2. The molecule has 156 valence electrons. The molecule has 2 N–H and O–H groups in total. The van der Waals surface area contributed by atoms with Gasteiger partial charge in [-0.2, -0.15) is 5.10 Å². The average molecular weight is 416 g/mol. The molecule has 2 aromatic carbocycles. The highest BCUT2D eigenvalue weighted by Crippen LogP contribution is 2.19. The summed E-state index contributed by atoms with van der Waals surface area (Å²) >= 11 is 0. The second-order valence-corrected chi connectivity index (χ2v) is 6.90. The van der Waals surface area contributed by atoms with Gasteiger partial charge in [0.15, 0.2) is 5.82 Å². The van der Waals surface area contributed by atoms with Crippen LogP contribution in [0.1, 0.15) is 24.2 Å². The molecule has 0 aliphatic carbocycles. The van der Waals surface area contributed by atoms with E-state index < -0.39 is 46.8 Å². The van der Waals surface area contributed by atoms with Crippen LogP contribution in [0, 0.1) is 23.4 Å². The lowest BCUT2D eigenvalue weighted by Gasteiger charge is -2.22. The van der Waals surface area contributed by atoms with Gasteiger partial charge in [0.1, 0.15) is 28.9 Å². The van der Waals surface area contributed by atoms with Crippen LogP contribution in [0.5, 0.6) is 0 Å². The van der Waals surface area contributed by atoms with Crippen molar-refractivity contribution in [1.82, 2.24) is 15.1 Å². The third kappa shape index (κ3) is 4.51. The van der Waals surface area contributed by atoms with Crippen LogP contribution in [0.25, 0.3) is 5.69 Å². The standard InChI is InChI=1S/C21H19F3N4O2/c1-12(2)19(27-20(29)18-14(22)5-3-6-15(18)23)21(30)26-13-7-8-17(16(24)11-13)28-10-4-9-25-28/h3-12,19H,1-2H3,(H,26,30)(H,27,29). The van der Waals surface area contributed by atoms with E-state index in [4.69, 9.17) is 0 Å². The Morgan fingerprint density at radius 2 is 1.70 bits per heavy atom. The van der Waals surface area contributed by atoms with E-state index in [0.717, 1.165) is 24.3 Å². The van der Waals surface area contributed by atoms with Crippen LogP contribution in [-0.2, 0) is 4.79 Å². The summed E-state index contributed by atoms with van der Waals surface area (Å²) < 4.78 is 43.4. The van der Waals surface area contributed by atoms with Gasteiger partial charge < -0.3 is 10.6 Å². The number of nitrogens with zero attached hydrogens (tertiary/aromatic N) is 2. The van der Waals surface area contributed by atoms with E-state index in [1.165, 1.54) is 23.0 Å². The molecule has 1 heterocycles. The largest absolute Gasteiger partial charge is 0.340 e. The SMILES string of the molecule is CC(C)C(NC(=O)c1c(F)cccc1F)C(=O)Nc1ccc(-n2cccn2)c(F)c1. The Morgan fingerprint density at radius 1 is 1.00 bits per heavy atom. The summed E-state index contributed by atoms with van der Waals surface area (Å²) in [6.07, 6.45) is 3.08. The van der Waals surface area contributed by atoms with E-state index in [1.807, 2.05) is 0 Å². The maximum atomic E-state index is 14.4. The summed E-state index contributed by atoms with van der Waals surface area (Å²) in [5, 5.41) is 8.80. The number of hydrogen-bond acceptors (Lipinski definition) is 3. The fourth-order valence-corrected chi connectivity index (χ4v) is 2.86. The van der Waals surface area contributed by atoms with Gasteiger partial charge in [-0.3, -0.25) is 9.59 Å². The Kier molecular flexibility index (Phi) is 6.20. The highest BCUT2D eigenvalue weighted by Gasteiger charge is 2.27.